The lowest BCUT2D eigenvalue weighted by Gasteiger charge is -1.93. The third-order valence-electron chi connectivity index (χ3n) is 2.15. The van der Waals surface area contributed by atoms with Crippen LogP contribution in [0.15, 0.2) is 32.6 Å². The van der Waals surface area contributed by atoms with Crippen LogP contribution in [-0.4, -0.2) is 14.9 Å². The maximum absolute atomic E-state index is 11.6. The number of benzene rings is 1. The fourth-order valence-corrected chi connectivity index (χ4v) is 1.44. The monoisotopic (exact) mass is 235 g/mol. The Hall–Kier alpha value is -2.77. The summed E-state index contributed by atoms with van der Waals surface area (Å²) in [4.78, 5) is 47.6. The second-order valence-electron chi connectivity index (χ2n) is 3.19. The van der Waals surface area contributed by atoms with Crippen LogP contribution >= 0.6 is 0 Å². The largest absolute Gasteiger partial charge is 0.317 e. The van der Waals surface area contributed by atoms with Crippen LogP contribution in [0.5, 0.6) is 0 Å². The lowest BCUT2D eigenvalue weighted by Crippen LogP contribution is -2.28. The van der Waals surface area contributed by atoms with Crippen LogP contribution in [0.25, 0.3) is 10.9 Å². The molecule has 0 bridgehead atoms. The molecule has 0 spiro atoms. The van der Waals surface area contributed by atoms with Gasteiger partial charge in [0.05, 0.1) is 10.4 Å². The van der Waals surface area contributed by atoms with Crippen molar-refractivity contribution in [1.82, 2.24) is 9.97 Å². The average Bonchev–Trinajstić information content (AvgIpc) is 2.37. The number of aromatic amines is 2. The maximum atomic E-state index is 11.6. The number of aromatic nitrogens is 2. The second-order valence-corrected chi connectivity index (χ2v) is 3.19. The highest BCUT2D eigenvalue weighted by Crippen LogP contribution is 2.18. The SMILES string of the molecule is O=c1[nH]c(=O)c2c([N+](=O)[O-])cccc2[nH]c1=O. The normalized spacial score (nSPS) is 10.4. The van der Waals surface area contributed by atoms with E-state index in [1.165, 1.54) is 12.1 Å². The summed E-state index contributed by atoms with van der Waals surface area (Å²) < 4.78 is 0. The van der Waals surface area contributed by atoms with Crippen molar-refractivity contribution in [3.05, 3.63) is 59.4 Å². The van der Waals surface area contributed by atoms with E-state index in [2.05, 4.69) is 4.98 Å². The molecular formula is C9H5N3O5. The summed E-state index contributed by atoms with van der Waals surface area (Å²) in [6.45, 7) is 0. The number of nitrogens with zero attached hydrogens (tertiary/aromatic N) is 1. The van der Waals surface area contributed by atoms with E-state index in [1.54, 1.807) is 4.98 Å². The smallest absolute Gasteiger partial charge is 0.316 e. The zero-order chi connectivity index (χ0) is 12.6. The first-order valence-electron chi connectivity index (χ1n) is 4.45. The van der Waals surface area contributed by atoms with Crippen molar-refractivity contribution in [2.45, 2.75) is 0 Å². The number of hydrogen-bond donors (Lipinski definition) is 2. The van der Waals surface area contributed by atoms with Gasteiger partial charge in [-0.1, -0.05) is 6.07 Å². The van der Waals surface area contributed by atoms with Gasteiger partial charge in [0.15, 0.2) is 0 Å². The molecule has 1 aromatic heterocycles. The van der Waals surface area contributed by atoms with Gasteiger partial charge in [0.2, 0.25) is 0 Å². The Morgan fingerprint density at radius 3 is 2.29 bits per heavy atom. The zero-order valence-electron chi connectivity index (χ0n) is 8.22. The Morgan fingerprint density at radius 2 is 1.65 bits per heavy atom. The number of nitro groups is 1. The van der Waals surface area contributed by atoms with E-state index < -0.39 is 27.3 Å². The van der Waals surface area contributed by atoms with Crippen LogP contribution < -0.4 is 16.7 Å². The summed E-state index contributed by atoms with van der Waals surface area (Å²) in [5.41, 5.74) is -3.71. The fraction of sp³-hybridized carbons (Fsp3) is 0. The lowest BCUT2D eigenvalue weighted by molar-refractivity contribution is -0.383. The van der Waals surface area contributed by atoms with Crippen LogP contribution in [0.2, 0.25) is 0 Å². The summed E-state index contributed by atoms with van der Waals surface area (Å²) in [6, 6.07) is 3.72. The van der Waals surface area contributed by atoms with Gasteiger partial charge in [0, 0.05) is 6.07 Å². The molecule has 1 heterocycles. The highest BCUT2D eigenvalue weighted by atomic mass is 16.6. The van der Waals surface area contributed by atoms with Crippen molar-refractivity contribution in [2.75, 3.05) is 0 Å². The quantitative estimate of drug-likeness (QED) is 0.391. The minimum atomic E-state index is -1.15. The molecule has 0 amide bonds. The van der Waals surface area contributed by atoms with Crippen LogP contribution in [-0.2, 0) is 0 Å². The summed E-state index contributed by atoms with van der Waals surface area (Å²) in [5.74, 6) is 0. The van der Waals surface area contributed by atoms with E-state index in [0.29, 0.717) is 0 Å². The van der Waals surface area contributed by atoms with Crippen molar-refractivity contribution in [1.29, 1.82) is 0 Å². The molecule has 0 radical (unpaired) electrons. The molecule has 8 nitrogen and oxygen atoms in total. The molecule has 86 valence electrons. The van der Waals surface area contributed by atoms with Crippen LogP contribution in [0, 0.1) is 10.1 Å². The van der Waals surface area contributed by atoms with Gasteiger partial charge in [-0.2, -0.15) is 0 Å². The van der Waals surface area contributed by atoms with Gasteiger partial charge in [0.1, 0.15) is 5.39 Å². The molecule has 0 saturated heterocycles. The number of fused-ring (bicyclic) bond motifs is 1. The minimum Gasteiger partial charge on any atom is -0.317 e. The summed E-state index contributed by atoms with van der Waals surface area (Å²) in [5, 5.41) is 10.4. The topological polar surface area (TPSA) is 126 Å². The molecule has 2 aromatic rings. The van der Waals surface area contributed by atoms with E-state index in [4.69, 9.17) is 0 Å². The van der Waals surface area contributed by atoms with E-state index in [-0.39, 0.29) is 10.9 Å². The van der Waals surface area contributed by atoms with Crippen LogP contribution in [0.3, 0.4) is 0 Å². The van der Waals surface area contributed by atoms with Crippen LogP contribution in [0.1, 0.15) is 0 Å². The molecule has 0 unspecified atom stereocenters. The fourth-order valence-electron chi connectivity index (χ4n) is 1.44. The highest BCUT2D eigenvalue weighted by molar-refractivity contribution is 5.86. The molecule has 0 atom stereocenters. The molecule has 0 saturated carbocycles. The van der Waals surface area contributed by atoms with Gasteiger partial charge in [-0.05, 0) is 6.07 Å². The van der Waals surface area contributed by atoms with Crippen molar-refractivity contribution in [3.63, 3.8) is 0 Å². The summed E-state index contributed by atoms with van der Waals surface area (Å²) in [7, 11) is 0. The van der Waals surface area contributed by atoms with Crippen molar-refractivity contribution in [2.24, 2.45) is 0 Å². The van der Waals surface area contributed by atoms with Crippen molar-refractivity contribution >= 4 is 16.6 Å². The van der Waals surface area contributed by atoms with Gasteiger partial charge >= 0.3 is 11.1 Å². The molecule has 0 aliphatic carbocycles. The average molecular weight is 235 g/mol. The molecule has 8 heteroatoms. The summed E-state index contributed by atoms with van der Waals surface area (Å²) in [6.07, 6.45) is 0. The first kappa shape index (κ1) is 10.7. The Bertz CT molecular complexity index is 789. The van der Waals surface area contributed by atoms with E-state index in [1.807, 2.05) is 0 Å². The van der Waals surface area contributed by atoms with Gasteiger partial charge in [-0.15, -0.1) is 0 Å². The number of H-pyrrole nitrogens is 2. The highest BCUT2D eigenvalue weighted by Gasteiger charge is 2.14. The molecule has 2 N–H and O–H groups in total. The Balaban J connectivity index is 3.19. The first-order chi connectivity index (χ1) is 8.00. The second kappa shape index (κ2) is 3.67. The molecular weight excluding hydrogens is 230 g/mol. The van der Waals surface area contributed by atoms with E-state index in [9.17, 15) is 24.5 Å². The van der Waals surface area contributed by atoms with Gasteiger partial charge in [-0.3, -0.25) is 29.5 Å². The van der Waals surface area contributed by atoms with Gasteiger partial charge in [-0.25, -0.2) is 0 Å². The van der Waals surface area contributed by atoms with Crippen LogP contribution in [0.4, 0.5) is 5.69 Å². The van der Waals surface area contributed by atoms with Crippen molar-refractivity contribution < 1.29 is 4.92 Å². The zero-order valence-corrected chi connectivity index (χ0v) is 8.22. The number of nitrogens with one attached hydrogen (secondary N) is 2. The first-order valence-corrected chi connectivity index (χ1v) is 4.45. The summed E-state index contributed by atoms with van der Waals surface area (Å²) >= 11 is 0. The molecule has 17 heavy (non-hydrogen) atoms. The van der Waals surface area contributed by atoms with Gasteiger partial charge < -0.3 is 4.98 Å². The van der Waals surface area contributed by atoms with E-state index in [0.717, 1.165) is 6.07 Å². The number of nitro benzene ring substituents is 1. The third kappa shape index (κ3) is 1.71. The predicted octanol–water partition coefficient (Wildman–Crippen LogP) is -0.515. The lowest BCUT2D eigenvalue weighted by atomic mass is 10.2. The maximum Gasteiger partial charge on any atom is 0.316 e. The Morgan fingerprint density at radius 1 is 1.00 bits per heavy atom. The third-order valence-corrected chi connectivity index (χ3v) is 2.15. The number of rotatable bonds is 1. The molecule has 0 aliphatic heterocycles. The molecule has 0 fully saturated rings. The number of non-ortho nitro benzene ring substituents is 1. The Labute approximate surface area is 91.7 Å². The van der Waals surface area contributed by atoms with Gasteiger partial charge in [0.25, 0.3) is 11.2 Å². The number of hydrogen-bond acceptors (Lipinski definition) is 5. The molecule has 2 rings (SSSR count). The predicted molar refractivity (Wildman–Crippen MR) is 58.1 cm³/mol. The van der Waals surface area contributed by atoms with E-state index >= 15 is 0 Å². The molecule has 1 aromatic carbocycles. The molecule has 0 aliphatic rings. The standard InChI is InChI=1S/C9H5N3O5/c13-7-6-4(10-8(14)9(15)11-7)2-1-3-5(6)12(16)17/h1-3H,(H2,10,11,13,14,15). The minimum absolute atomic E-state index is 0.0625. The Kier molecular flexibility index (Phi) is 2.32. The van der Waals surface area contributed by atoms with Crippen molar-refractivity contribution in [3.8, 4) is 0 Å².